The quantitative estimate of drug-likeness (QED) is 0.447. The van der Waals surface area contributed by atoms with Crippen molar-refractivity contribution in [2.24, 2.45) is 5.92 Å². The van der Waals surface area contributed by atoms with E-state index in [4.69, 9.17) is 9.84 Å². The van der Waals surface area contributed by atoms with Crippen molar-refractivity contribution in [3.63, 3.8) is 0 Å². The highest BCUT2D eigenvalue weighted by Crippen LogP contribution is 1.99. The van der Waals surface area contributed by atoms with Gasteiger partial charge in [0.05, 0.1) is 6.61 Å². The topological polar surface area (TPSA) is 41.5 Å². The summed E-state index contributed by atoms with van der Waals surface area (Å²) in [5.41, 5.74) is 0. The molecule has 0 aromatic rings. The Bertz CT molecular complexity index is 96.5. The van der Waals surface area contributed by atoms with Gasteiger partial charge < -0.3 is 9.84 Å². The summed E-state index contributed by atoms with van der Waals surface area (Å²) in [5, 5.41) is 11.8. The molecular weight excluding hydrogens is 154 g/mol. The summed E-state index contributed by atoms with van der Waals surface area (Å²) in [6.07, 6.45) is 1.33. The second-order valence-electron chi connectivity index (χ2n) is 3.39. The van der Waals surface area contributed by atoms with Gasteiger partial charge in [0.25, 0.3) is 0 Å². The van der Waals surface area contributed by atoms with Crippen molar-refractivity contribution in [2.75, 3.05) is 20.3 Å². The maximum Gasteiger partial charge on any atom is 0.106 e. The average Bonchev–Trinajstić information content (AvgIpc) is 2.03. The molecule has 3 nitrogen and oxygen atoms in total. The molecule has 2 N–H and O–H groups in total. The zero-order valence-corrected chi connectivity index (χ0v) is 8.34. The fraction of sp³-hybridized carbons (Fsp3) is 1.00. The third kappa shape index (κ3) is 7.98. The number of aliphatic hydroxyl groups is 1. The molecule has 0 aliphatic rings. The van der Waals surface area contributed by atoms with Gasteiger partial charge in [0.15, 0.2) is 0 Å². The highest BCUT2D eigenvalue weighted by molar-refractivity contribution is 4.48. The molecule has 0 rings (SSSR count). The number of rotatable bonds is 7. The summed E-state index contributed by atoms with van der Waals surface area (Å²) in [6, 6.07) is 0. The highest BCUT2D eigenvalue weighted by atomic mass is 16.5. The number of hydrogen-bond donors (Lipinski definition) is 2. The maximum absolute atomic E-state index is 9.08. The van der Waals surface area contributed by atoms with E-state index in [0.717, 1.165) is 13.0 Å². The Kier molecular flexibility index (Phi) is 7.45. The number of nitrogens with one attached hydrogen (secondary N) is 1. The lowest BCUT2D eigenvalue weighted by atomic mass is 10.1. The monoisotopic (exact) mass is 175 g/mol. The summed E-state index contributed by atoms with van der Waals surface area (Å²) in [7, 11) is 1.73. The molecular formula is C9H21NO2. The number of aliphatic hydroxyl groups excluding tert-OH is 1. The number of ether oxygens (including phenoxy) is 1. The molecule has 0 fully saturated rings. The first-order chi connectivity index (χ1) is 5.66. The van der Waals surface area contributed by atoms with Gasteiger partial charge in [-0.15, -0.1) is 0 Å². The van der Waals surface area contributed by atoms with Crippen LogP contribution in [0.1, 0.15) is 26.7 Å². The van der Waals surface area contributed by atoms with Crippen molar-refractivity contribution < 1.29 is 9.84 Å². The Hall–Kier alpha value is -0.120. The van der Waals surface area contributed by atoms with Crippen LogP contribution >= 0.6 is 0 Å². The lowest BCUT2D eigenvalue weighted by molar-refractivity contribution is 0.0657. The zero-order valence-electron chi connectivity index (χ0n) is 8.34. The van der Waals surface area contributed by atoms with Crippen molar-refractivity contribution in [3.05, 3.63) is 0 Å². The molecule has 0 aliphatic carbocycles. The molecule has 74 valence electrons. The minimum Gasteiger partial charge on any atom is -0.381 e. The van der Waals surface area contributed by atoms with Crippen LogP contribution in [0.4, 0.5) is 0 Å². The highest BCUT2D eigenvalue weighted by Gasteiger charge is 1.99. The molecule has 0 aliphatic heterocycles. The van der Waals surface area contributed by atoms with Crippen LogP contribution in [0.2, 0.25) is 0 Å². The van der Waals surface area contributed by atoms with Crippen LogP contribution in [0, 0.1) is 5.92 Å². The standard InChI is InChI=1S/C9H21NO2/c1-8(2)4-6-12-7-5-9(11)10-3/h8-11H,4-7H2,1-3H3. The normalized spacial score (nSPS) is 13.8. The Balaban J connectivity index is 3.00. The second-order valence-corrected chi connectivity index (χ2v) is 3.39. The molecule has 0 heterocycles. The summed E-state index contributed by atoms with van der Waals surface area (Å²) < 4.78 is 5.32. The number of hydrogen-bond acceptors (Lipinski definition) is 3. The summed E-state index contributed by atoms with van der Waals surface area (Å²) in [5.74, 6) is 0.694. The molecule has 0 saturated heterocycles. The summed E-state index contributed by atoms with van der Waals surface area (Å²) >= 11 is 0. The molecule has 12 heavy (non-hydrogen) atoms. The predicted octanol–water partition coefficient (Wildman–Crippen LogP) is 0.977. The van der Waals surface area contributed by atoms with Crippen LogP contribution in [0.25, 0.3) is 0 Å². The first-order valence-corrected chi connectivity index (χ1v) is 4.60. The Morgan fingerprint density at radius 3 is 2.33 bits per heavy atom. The third-order valence-electron chi connectivity index (χ3n) is 1.71. The van der Waals surface area contributed by atoms with Crippen LogP contribution in [0.5, 0.6) is 0 Å². The first-order valence-electron chi connectivity index (χ1n) is 4.60. The van der Waals surface area contributed by atoms with E-state index in [1.54, 1.807) is 7.05 Å². The zero-order chi connectivity index (χ0) is 9.40. The van der Waals surface area contributed by atoms with Gasteiger partial charge in [-0.05, 0) is 19.4 Å². The van der Waals surface area contributed by atoms with Crippen molar-refractivity contribution in [2.45, 2.75) is 32.9 Å². The predicted molar refractivity (Wildman–Crippen MR) is 50.0 cm³/mol. The molecule has 0 amide bonds. The van der Waals surface area contributed by atoms with E-state index < -0.39 is 6.23 Å². The van der Waals surface area contributed by atoms with Crippen molar-refractivity contribution in [3.8, 4) is 0 Å². The fourth-order valence-electron chi connectivity index (χ4n) is 0.760. The fourth-order valence-corrected chi connectivity index (χ4v) is 0.760. The Labute approximate surface area is 75.1 Å². The molecule has 3 heteroatoms. The van der Waals surface area contributed by atoms with Crippen LogP contribution in [0.15, 0.2) is 0 Å². The van der Waals surface area contributed by atoms with Crippen molar-refractivity contribution >= 4 is 0 Å². The van der Waals surface area contributed by atoms with Gasteiger partial charge in [-0.25, -0.2) is 0 Å². The molecule has 0 aromatic carbocycles. The molecule has 1 atom stereocenters. The van der Waals surface area contributed by atoms with Gasteiger partial charge in [-0.2, -0.15) is 0 Å². The van der Waals surface area contributed by atoms with Crippen LogP contribution in [-0.4, -0.2) is 31.6 Å². The van der Waals surface area contributed by atoms with E-state index in [1.807, 2.05) is 0 Å². The second kappa shape index (κ2) is 7.53. The van der Waals surface area contributed by atoms with Gasteiger partial charge >= 0.3 is 0 Å². The van der Waals surface area contributed by atoms with Gasteiger partial charge in [-0.3, -0.25) is 5.32 Å². The van der Waals surface area contributed by atoms with Crippen molar-refractivity contribution in [1.82, 2.24) is 5.32 Å². The van der Waals surface area contributed by atoms with Gasteiger partial charge in [-0.1, -0.05) is 13.8 Å². The van der Waals surface area contributed by atoms with Crippen LogP contribution in [0.3, 0.4) is 0 Å². The Morgan fingerprint density at radius 2 is 1.83 bits per heavy atom. The van der Waals surface area contributed by atoms with E-state index in [9.17, 15) is 0 Å². The molecule has 0 aromatic heterocycles. The molecule has 0 saturated carbocycles. The van der Waals surface area contributed by atoms with Crippen LogP contribution in [-0.2, 0) is 4.74 Å². The summed E-state index contributed by atoms with van der Waals surface area (Å²) in [6.45, 7) is 5.78. The average molecular weight is 175 g/mol. The van der Waals surface area contributed by atoms with Gasteiger partial charge in [0, 0.05) is 13.0 Å². The molecule has 0 radical (unpaired) electrons. The minimum absolute atomic E-state index is 0.427. The van der Waals surface area contributed by atoms with Gasteiger partial charge in [0.1, 0.15) is 6.23 Å². The SMILES string of the molecule is CNC(O)CCOCCC(C)C. The molecule has 0 spiro atoms. The molecule has 1 unspecified atom stereocenters. The lowest BCUT2D eigenvalue weighted by Crippen LogP contribution is -2.25. The van der Waals surface area contributed by atoms with E-state index in [2.05, 4.69) is 19.2 Å². The lowest BCUT2D eigenvalue weighted by Gasteiger charge is -2.09. The third-order valence-corrected chi connectivity index (χ3v) is 1.71. The van der Waals surface area contributed by atoms with Crippen LogP contribution < -0.4 is 5.32 Å². The van der Waals surface area contributed by atoms with Gasteiger partial charge in [0.2, 0.25) is 0 Å². The van der Waals surface area contributed by atoms with E-state index in [1.165, 1.54) is 0 Å². The smallest absolute Gasteiger partial charge is 0.106 e. The maximum atomic E-state index is 9.08. The Morgan fingerprint density at radius 1 is 1.25 bits per heavy atom. The largest absolute Gasteiger partial charge is 0.381 e. The van der Waals surface area contributed by atoms with E-state index in [-0.39, 0.29) is 0 Å². The summed E-state index contributed by atoms with van der Waals surface area (Å²) in [4.78, 5) is 0. The molecule has 0 bridgehead atoms. The minimum atomic E-state index is -0.427. The first kappa shape index (κ1) is 11.9. The van der Waals surface area contributed by atoms with Crippen molar-refractivity contribution in [1.29, 1.82) is 0 Å². The van der Waals surface area contributed by atoms with E-state index >= 15 is 0 Å². The van der Waals surface area contributed by atoms with E-state index in [0.29, 0.717) is 18.9 Å².